The Morgan fingerprint density at radius 2 is 2.00 bits per heavy atom. The van der Waals surface area contributed by atoms with Gasteiger partial charge >= 0.3 is 0 Å². The molecule has 0 saturated carbocycles. The van der Waals surface area contributed by atoms with Gasteiger partial charge in [-0.2, -0.15) is 0 Å². The lowest BCUT2D eigenvalue weighted by molar-refractivity contribution is -0.127. The van der Waals surface area contributed by atoms with E-state index < -0.39 is 0 Å². The molecule has 0 radical (unpaired) electrons. The Balaban J connectivity index is 2.80. The van der Waals surface area contributed by atoms with Crippen molar-refractivity contribution in [3.05, 3.63) is 24.0 Å². The minimum absolute atomic E-state index is 0.0359. The maximum absolute atomic E-state index is 12.8. The lowest BCUT2D eigenvalue weighted by atomic mass is 10.2. The summed E-state index contributed by atoms with van der Waals surface area (Å²) >= 11 is 0. The molecular formula is C11H16FN3O. The number of hydrogen-bond donors (Lipinski definition) is 1. The van der Waals surface area contributed by atoms with Crippen LogP contribution in [0.25, 0.3) is 0 Å². The van der Waals surface area contributed by atoms with Crippen LogP contribution in [0.1, 0.15) is 0 Å². The fourth-order valence-electron chi connectivity index (χ4n) is 1.30. The number of halogens is 1. The van der Waals surface area contributed by atoms with Crippen LogP contribution in [0, 0.1) is 5.82 Å². The van der Waals surface area contributed by atoms with Gasteiger partial charge in [-0.1, -0.05) is 0 Å². The molecule has 0 aliphatic heterocycles. The van der Waals surface area contributed by atoms with Crippen molar-refractivity contribution in [1.82, 2.24) is 4.90 Å². The number of benzene rings is 1. The number of nitrogens with two attached hydrogens (primary N) is 1. The van der Waals surface area contributed by atoms with E-state index in [0.717, 1.165) is 0 Å². The van der Waals surface area contributed by atoms with Gasteiger partial charge in [-0.05, 0) is 18.2 Å². The summed E-state index contributed by atoms with van der Waals surface area (Å²) in [6.45, 7) is 0.211. The molecule has 0 aliphatic rings. The smallest absolute Gasteiger partial charge is 0.241 e. The average molecular weight is 225 g/mol. The zero-order valence-corrected chi connectivity index (χ0v) is 9.70. The first-order valence-electron chi connectivity index (χ1n) is 4.88. The second-order valence-corrected chi connectivity index (χ2v) is 3.85. The minimum Gasteiger partial charge on any atom is -0.397 e. The van der Waals surface area contributed by atoms with E-state index in [2.05, 4.69) is 0 Å². The molecule has 0 aromatic heterocycles. The fraction of sp³-hybridized carbons (Fsp3) is 0.364. The number of rotatable bonds is 3. The van der Waals surface area contributed by atoms with E-state index in [1.807, 2.05) is 0 Å². The van der Waals surface area contributed by atoms with Crippen LogP contribution in [0.3, 0.4) is 0 Å². The highest BCUT2D eigenvalue weighted by Crippen LogP contribution is 2.22. The molecule has 5 heteroatoms. The molecule has 0 spiro atoms. The summed E-state index contributed by atoms with van der Waals surface area (Å²) in [5.41, 5.74) is 6.65. The highest BCUT2D eigenvalue weighted by atomic mass is 19.1. The maximum Gasteiger partial charge on any atom is 0.241 e. The van der Waals surface area contributed by atoms with Crippen molar-refractivity contribution in [2.45, 2.75) is 0 Å². The number of hydrogen-bond acceptors (Lipinski definition) is 3. The zero-order chi connectivity index (χ0) is 12.3. The van der Waals surface area contributed by atoms with E-state index in [-0.39, 0.29) is 18.3 Å². The van der Waals surface area contributed by atoms with E-state index in [1.165, 1.54) is 17.0 Å². The molecule has 4 nitrogen and oxygen atoms in total. The van der Waals surface area contributed by atoms with Crippen LogP contribution < -0.4 is 10.6 Å². The second kappa shape index (κ2) is 4.83. The summed E-state index contributed by atoms with van der Waals surface area (Å²) in [5.74, 6) is -0.417. The third-order valence-corrected chi connectivity index (χ3v) is 2.27. The highest BCUT2D eigenvalue weighted by molar-refractivity contribution is 5.82. The highest BCUT2D eigenvalue weighted by Gasteiger charge is 2.11. The molecule has 0 unspecified atom stereocenters. The third kappa shape index (κ3) is 2.85. The molecule has 0 saturated heterocycles. The van der Waals surface area contributed by atoms with Crippen LogP contribution >= 0.6 is 0 Å². The Morgan fingerprint density at radius 1 is 1.38 bits per heavy atom. The first-order chi connectivity index (χ1) is 7.41. The molecule has 0 heterocycles. The molecular weight excluding hydrogens is 209 g/mol. The Morgan fingerprint density at radius 3 is 2.50 bits per heavy atom. The monoisotopic (exact) mass is 225 g/mol. The topological polar surface area (TPSA) is 49.6 Å². The van der Waals surface area contributed by atoms with Gasteiger partial charge in [0.25, 0.3) is 0 Å². The van der Waals surface area contributed by atoms with Crippen LogP contribution in [-0.4, -0.2) is 38.5 Å². The van der Waals surface area contributed by atoms with Gasteiger partial charge in [0.15, 0.2) is 0 Å². The number of likely N-dealkylation sites (N-methyl/N-ethyl adjacent to an activating group) is 2. The van der Waals surface area contributed by atoms with Crippen molar-refractivity contribution in [3.63, 3.8) is 0 Å². The number of carbonyl (C=O) groups excluding carboxylic acids is 1. The standard InChI is InChI=1S/C11H16FN3O/c1-14(2)11(16)7-15(3)10-5-4-8(12)6-9(10)13/h4-6H,7,13H2,1-3H3. The zero-order valence-electron chi connectivity index (χ0n) is 9.70. The normalized spacial score (nSPS) is 10.0. The van der Waals surface area contributed by atoms with E-state index in [0.29, 0.717) is 11.4 Å². The number of nitrogens with zero attached hydrogens (tertiary/aromatic N) is 2. The van der Waals surface area contributed by atoms with Crippen molar-refractivity contribution in [1.29, 1.82) is 0 Å². The predicted molar refractivity (Wildman–Crippen MR) is 62.8 cm³/mol. The van der Waals surface area contributed by atoms with Crippen LogP contribution in [0.4, 0.5) is 15.8 Å². The van der Waals surface area contributed by atoms with Crippen LogP contribution in [0.15, 0.2) is 18.2 Å². The van der Waals surface area contributed by atoms with Crippen LogP contribution in [-0.2, 0) is 4.79 Å². The molecule has 16 heavy (non-hydrogen) atoms. The molecule has 2 N–H and O–H groups in total. The quantitative estimate of drug-likeness (QED) is 0.779. The van der Waals surface area contributed by atoms with Gasteiger partial charge in [0.1, 0.15) is 5.82 Å². The number of nitrogen functional groups attached to an aromatic ring is 1. The summed E-state index contributed by atoms with van der Waals surface area (Å²) in [5, 5.41) is 0. The molecule has 0 fully saturated rings. The van der Waals surface area contributed by atoms with Crippen molar-refractivity contribution >= 4 is 17.3 Å². The summed E-state index contributed by atoms with van der Waals surface area (Å²) in [6, 6.07) is 4.13. The van der Waals surface area contributed by atoms with E-state index in [1.54, 1.807) is 32.1 Å². The van der Waals surface area contributed by atoms with Crippen LogP contribution in [0.5, 0.6) is 0 Å². The van der Waals surface area contributed by atoms with Gasteiger partial charge in [0.2, 0.25) is 5.91 Å². The number of anilines is 2. The third-order valence-electron chi connectivity index (χ3n) is 2.27. The number of amides is 1. The molecule has 0 aliphatic carbocycles. The summed E-state index contributed by atoms with van der Waals surface area (Å²) in [7, 11) is 5.11. The molecule has 88 valence electrons. The van der Waals surface area contributed by atoms with Crippen LogP contribution in [0.2, 0.25) is 0 Å². The van der Waals surface area contributed by atoms with E-state index in [9.17, 15) is 9.18 Å². The summed E-state index contributed by atoms with van der Waals surface area (Å²) in [6.07, 6.45) is 0. The lowest BCUT2D eigenvalue weighted by Crippen LogP contribution is -2.34. The van der Waals surface area contributed by atoms with E-state index >= 15 is 0 Å². The lowest BCUT2D eigenvalue weighted by Gasteiger charge is -2.22. The Bertz CT molecular complexity index is 393. The Labute approximate surface area is 94.4 Å². The van der Waals surface area contributed by atoms with Gasteiger partial charge in [-0.25, -0.2) is 4.39 Å². The van der Waals surface area contributed by atoms with Gasteiger partial charge in [0, 0.05) is 21.1 Å². The minimum atomic E-state index is -0.381. The van der Waals surface area contributed by atoms with Gasteiger partial charge in [0.05, 0.1) is 17.9 Å². The molecule has 1 rings (SSSR count). The van der Waals surface area contributed by atoms with Gasteiger partial charge in [-0.15, -0.1) is 0 Å². The Kier molecular flexibility index (Phi) is 3.71. The van der Waals surface area contributed by atoms with E-state index in [4.69, 9.17) is 5.73 Å². The first kappa shape index (κ1) is 12.3. The predicted octanol–water partition coefficient (Wildman–Crippen LogP) is 0.932. The average Bonchev–Trinajstić information content (AvgIpc) is 2.16. The fourth-order valence-corrected chi connectivity index (χ4v) is 1.30. The van der Waals surface area contributed by atoms with Crippen molar-refractivity contribution in [2.75, 3.05) is 38.3 Å². The molecule has 0 atom stereocenters. The summed E-state index contributed by atoms with van der Waals surface area (Å²) in [4.78, 5) is 14.7. The van der Waals surface area contributed by atoms with Crippen molar-refractivity contribution < 1.29 is 9.18 Å². The largest absolute Gasteiger partial charge is 0.397 e. The maximum atomic E-state index is 12.8. The SMILES string of the molecule is CN(C)C(=O)CN(C)c1ccc(F)cc1N. The molecule has 1 aromatic carbocycles. The number of carbonyl (C=O) groups is 1. The summed E-state index contributed by atoms with van der Waals surface area (Å²) < 4.78 is 12.8. The molecule has 0 bridgehead atoms. The van der Waals surface area contributed by atoms with Crippen molar-refractivity contribution in [3.8, 4) is 0 Å². The first-order valence-corrected chi connectivity index (χ1v) is 4.88. The molecule has 1 amide bonds. The van der Waals surface area contributed by atoms with Crippen molar-refractivity contribution in [2.24, 2.45) is 0 Å². The van der Waals surface area contributed by atoms with Gasteiger partial charge < -0.3 is 15.5 Å². The Hall–Kier alpha value is -1.78. The molecule has 1 aromatic rings. The second-order valence-electron chi connectivity index (χ2n) is 3.85. The van der Waals surface area contributed by atoms with Gasteiger partial charge in [-0.3, -0.25) is 4.79 Å².